The first-order valence-corrected chi connectivity index (χ1v) is 11.2. The molecule has 0 unspecified atom stereocenters. The highest BCUT2D eigenvalue weighted by molar-refractivity contribution is 8.17. The van der Waals surface area contributed by atoms with Crippen molar-refractivity contribution in [3.05, 3.63) is 60.2 Å². The monoisotopic (exact) mass is 402 g/mol. The second-order valence-corrected chi connectivity index (χ2v) is 9.36. The zero-order valence-electron chi connectivity index (χ0n) is 15.3. The molecule has 0 spiro atoms. The lowest BCUT2D eigenvalue weighted by molar-refractivity contribution is -0.123. The molecule has 0 aromatic heterocycles. The topological polar surface area (TPSA) is 66.8 Å². The molecule has 1 atom stereocenters. The number of sulfonamides is 1. The molecule has 0 N–H and O–H groups in total. The van der Waals surface area contributed by atoms with Gasteiger partial charge in [-0.2, -0.15) is 4.31 Å². The number of thioether (sulfide) groups is 1. The Morgan fingerprint density at radius 2 is 1.74 bits per heavy atom. The average Bonchev–Trinajstić information content (AvgIpc) is 2.97. The smallest absolute Gasteiger partial charge is 0.272 e. The summed E-state index contributed by atoms with van der Waals surface area (Å²) in [6.45, 7) is 3.93. The molecule has 1 aliphatic heterocycles. The van der Waals surface area contributed by atoms with Crippen molar-refractivity contribution >= 4 is 38.5 Å². The minimum Gasteiger partial charge on any atom is -0.272 e. The predicted octanol–water partition coefficient (Wildman–Crippen LogP) is 4.51. The van der Waals surface area contributed by atoms with Crippen LogP contribution in [-0.2, 0) is 14.8 Å². The molecule has 1 saturated heterocycles. The summed E-state index contributed by atoms with van der Waals surface area (Å²) < 4.78 is 27.3. The van der Waals surface area contributed by atoms with Gasteiger partial charge in [0.25, 0.3) is 15.9 Å². The molecule has 3 rings (SSSR count). The van der Waals surface area contributed by atoms with Crippen molar-refractivity contribution in [1.82, 2.24) is 4.31 Å². The number of carbonyl (C=O) groups is 1. The van der Waals surface area contributed by atoms with Crippen LogP contribution in [0, 0.1) is 6.92 Å². The fraction of sp³-hybridized carbons (Fsp3) is 0.300. The van der Waals surface area contributed by atoms with Crippen LogP contribution in [0.4, 0.5) is 5.69 Å². The highest BCUT2D eigenvalue weighted by Gasteiger charge is 2.45. The Morgan fingerprint density at radius 1 is 1.07 bits per heavy atom. The highest BCUT2D eigenvalue weighted by atomic mass is 32.2. The van der Waals surface area contributed by atoms with Crippen LogP contribution >= 0.6 is 11.8 Å². The zero-order valence-corrected chi connectivity index (χ0v) is 17.0. The normalized spacial score (nSPS) is 19.0. The fourth-order valence-corrected chi connectivity index (χ4v) is 5.62. The number of carbonyl (C=O) groups excluding carboxylic acids is 1. The lowest BCUT2D eigenvalue weighted by Crippen LogP contribution is -2.37. The van der Waals surface area contributed by atoms with Crippen LogP contribution < -0.4 is 0 Å². The van der Waals surface area contributed by atoms with E-state index in [4.69, 9.17) is 0 Å². The lowest BCUT2D eigenvalue weighted by atomic mass is 10.2. The molecule has 1 aliphatic rings. The maximum absolute atomic E-state index is 13.2. The van der Waals surface area contributed by atoms with Crippen LogP contribution in [0.25, 0.3) is 0 Å². The Balaban J connectivity index is 2.03. The number of rotatable bonds is 6. The largest absolute Gasteiger partial charge is 0.272 e. The number of amidine groups is 1. The minimum atomic E-state index is -4.00. The van der Waals surface area contributed by atoms with Gasteiger partial charge in [0.2, 0.25) is 0 Å². The van der Waals surface area contributed by atoms with E-state index in [1.165, 1.54) is 23.9 Å². The molecule has 1 heterocycles. The molecule has 2 aromatic rings. The number of unbranched alkanes of at least 4 members (excludes halogenated alkanes) is 1. The Bertz CT molecular complexity index is 939. The van der Waals surface area contributed by atoms with E-state index in [9.17, 15) is 13.2 Å². The van der Waals surface area contributed by atoms with E-state index in [-0.39, 0.29) is 10.1 Å². The number of hydrogen-bond acceptors (Lipinski definition) is 5. The molecule has 27 heavy (non-hydrogen) atoms. The first-order chi connectivity index (χ1) is 12.9. The van der Waals surface area contributed by atoms with Gasteiger partial charge in [0.1, 0.15) is 0 Å². The van der Waals surface area contributed by atoms with Gasteiger partial charge in [-0.05, 0) is 37.6 Å². The summed E-state index contributed by atoms with van der Waals surface area (Å²) in [4.78, 5) is 17.5. The molecule has 0 aliphatic carbocycles. The van der Waals surface area contributed by atoms with Crippen LogP contribution in [0.2, 0.25) is 0 Å². The maximum Gasteiger partial charge on any atom is 0.272 e. The maximum atomic E-state index is 13.2. The molecule has 1 amide bonds. The van der Waals surface area contributed by atoms with Crippen molar-refractivity contribution in [2.75, 3.05) is 0 Å². The van der Waals surface area contributed by atoms with Gasteiger partial charge in [-0.1, -0.05) is 67.4 Å². The number of aryl methyl sites for hydroxylation is 1. The average molecular weight is 403 g/mol. The van der Waals surface area contributed by atoms with Crippen LogP contribution in [0.3, 0.4) is 0 Å². The van der Waals surface area contributed by atoms with Gasteiger partial charge in [0.15, 0.2) is 5.17 Å². The van der Waals surface area contributed by atoms with E-state index in [1.807, 2.05) is 32.0 Å². The third-order valence-electron chi connectivity index (χ3n) is 4.26. The Hall–Kier alpha value is -2.12. The predicted molar refractivity (Wildman–Crippen MR) is 110 cm³/mol. The van der Waals surface area contributed by atoms with Gasteiger partial charge >= 0.3 is 0 Å². The Labute approximate surface area is 164 Å². The summed E-state index contributed by atoms with van der Waals surface area (Å²) in [7, 11) is -4.00. The fourth-order valence-electron chi connectivity index (χ4n) is 2.74. The number of para-hydroxylation sites is 1. The first-order valence-electron chi connectivity index (χ1n) is 8.89. The SMILES string of the molecule is CCCC[C@H]1SC(=Nc2ccccc2)N(S(=O)(=O)c2ccc(C)cc2)C1=O. The van der Waals surface area contributed by atoms with Crippen molar-refractivity contribution in [1.29, 1.82) is 0 Å². The van der Waals surface area contributed by atoms with Crippen LogP contribution in [0.5, 0.6) is 0 Å². The quantitative estimate of drug-likeness (QED) is 0.713. The van der Waals surface area contributed by atoms with E-state index in [2.05, 4.69) is 4.99 Å². The number of amides is 1. The van der Waals surface area contributed by atoms with E-state index in [1.54, 1.807) is 24.3 Å². The van der Waals surface area contributed by atoms with Crippen molar-refractivity contribution < 1.29 is 13.2 Å². The number of aliphatic imine (C=N–C) groups is 1. The molecule has 0 saturated carbocycles. The van der Waals surface area contributed by atoms with Gasteiger partial charge in [-0.3, -0.25) is 4.79 Å². The van der Waals surface area contributed by atoms with Crippen molar-refractivity contribution in [3.8, 4) is 0 Å². The van der Waals surface area contributed by atoms with Gasteiger partial charge in [0.05, 0.1) is 15.8 Å². The summed E-state index contributed by atoms with van der Waals surface area (Å²) in [6.07, 6.45) is 2.44. The van der Waals surface area contributed by atoms with Crippen molar-refractivity contribution in [2.45, 2.75) is 43.3 Å². The molecular formula is C20H22N2O3S2. The van der Waals surface area contributed by atoms with Crippen LogP contribution in [-0.4, -0.2) is 29.0 Å². The minimum absolute atomic E-state index is 0.0963. The van der Waals surface area contributed by atoms with Gasteiger partial charge in [-0.25, -0.2) is 13.4 Å². The van der Waals surface area contributed by atoms with E-state index in [0.717, 1.165) is 22.7 Å². The first kappa shape index (κ1) is 19.6. The molecule has 1 fully saturated rings. The second kappa shape index (κ2) is 8.27. The van der Waals surface area contributed by atoms with Gasteiger partial charge in [0, 0.05) is 0 Å². The van der Waals surface area contributed by atoms with E-state index < -0.39 is 21.2 Å². The number of hydrogen-bond donors (Lipinski definition) is 0. The van der Waals surface area contributed by atoms with E-state index in [0.29, 0.717) is 12.1 Å². The molecule has 2 aromatic carbocycles. The van der Waals surface area contributed by atoms with Gasteiger partial charge < -0.3 is 0 Å². The molecule has 7 heteroatoms. The summed E-state index contributed by atoms with van der Waals surface area (Å²) >= 11 is 1.23. The summed E-state index contributed by atoms with van der Waals surface area (Å²) in [6, 6.07) is 15.6. The summed E-state index contributed by atoms with van der Waals surface area (Å²) in [5.41, 5.74) is 1.57. The molecule has 5 nitrogen and oxygen atoms in total. The zero-order chi connectivity index (χ0) is 19.4. The number of nitrogens with zero attached hydrogens (tertiary/aromatic N) is 2. The van der Waals surface area contributed by atoms with Crippen molar-refractivity contribution in [2.24, 2.45) is 4.99 Å². The molecule has 142 valence electrons. The number of benzene rings is 2. The lowest BCUT2D eigenvalue weighted by Gasteiger charge is -2.17. The molecule has 0 bridgehead atoms. The van der Waals surface area contributed by atoms with E-state index >= 15 is 0 Å². The molecule has 0 radical (unpaired) electrons. The van der Waals surface area contributed by atoms with Crippen LogP contribution in [0.15, 0.2) is 64.5 Å². The summed E-state index contributed by atoms with van der Waals surface area (Å²) in [5, 5.41) is -0.208. The Kier molecular flexibility index (Phi) is 6.01. The van der Waals surface area contributed by atoms with Crippen molar-refractivity contribution in [3.63, 3.8) is 0 Å². The Morgan fingerprint density at radius 3 is 2.37 bits per heavy atom. The third-order valence-corrected chi connectivity index (χ3v) is 7.28. The second-order valence-electron chi connectivity index (χ2n) is 6.40. The summed E-state index contributed by atoms with van der Waals surface area (Å²) in [5.74, 6) is -0.413. The standard InChI is InChI=1S/C20H22N2O3S2/c1-3-4-10-18-19(23)22(20(26-18)21-16-8-6-5-7-9-16)27(24,25)17-13-11-15(2)12-14-17/h5-9,11-14,18H,3-4,10H2,1-2H3/t18-/m1/s1. The highest BCUT2D eigenvalue weighted by Crippen LogP contribution is 2.36. The molecular weight excluding hydrogens is 380 g/mol. The van der Waals surface area contributed by atoms with Crippen LogP contribution in [0.1, 0.15) is 31.7 Å². The third kappa shape index (κ3) is 4.25. The van der Waals surface area contributed by atoms with Gasteiger partial charge in [-0.15, -0.1) is 0 Å².